The van der Waals surface area contributed by atoms with E-state index in [1.54, 1.807) is 5.57 Å². The number of ether oxygens (including phenoxy) is 3. The summed E-state index contributed by atoms with van der Waals surface area (Å²) in [6.07, 6.45) is 16.2. The Hall–Kier alpha value is -1.65. The molecule has 0 bridgehead atoms. The minimum atomic E-state index is -0.767. The van der Waals surface area contributed by atoms with Crippen LogP contribution in [0.3, 0.4) is 0 Å². The van der Waals surface area contributed by atoms with Crippen molar-refractivity contribution in [1.82, 2.24) is 0 Å². The average molecular weight is 591 g/mol. The van der Waals surface area contributed by atoms with Gasteiger partial charge in [-0.3, -0.25) is 4.79 Å². The summed E-state index contributed by atoms with van der Waals surface area (Å²) in [7, 11) is 0. The van der Waals surface area contributed by atoms with Gasteiger partial charge in [0.1, 0.15) is 11.5 Å². The number of hydrogen-bond donors (Lipinski definition) is 0. The fourth-order valence-corrected chi connectivity index (χ4v) is 10.6. The Morgan fingerprint density at radius 3 is 2.40 bits per heavy atom. The Labute approximate surface area is 261 Å². The lowest BCUT2D eigenvalue weighted by atomic mass is 9.47. The molecule has 1 aromatic carbocycles. The number of allylic oxidation sites excluding steroid dienone is 1. The van der Waals surface area contributed by atoms with Gasteiger partial charge in [-0.1, -0.05) is 95.9 Å². The standard InChI is InChI=1S/C39H58O4/c1-26(2)11-10-12-27(3)32-17-18-33-31-16-15-29-23-30(19-21-38(29,5)34(31)20-22-39(32,33)6)43-36(40)37(4)24-41-35(42-25-37)28-13-8-7-9-14-28/h7-9,13-15,26-27,30-35H,10-12,16-25H2,1-6H3/t27-,30-,31+,32-,33+,34+,35?,37?,38-,39+/m0/s1. The highest BCUT2D eigenvalue weighted by molar-refractivity contribution is 5.77. The molecule has 0 aromatic heterocycles. The van der Waals surface area contributed by atoms with E-state index in [1.807, 2.05) is 37.3 Å². The van der Waals surface area contributed by atoms with Crippen molar-refractivity contribution >= 4 is 5.97 Å². The molecule has 43 heavy (non-hydrogen) atoms. The lowest BCUT2D eigenvalue weighted by Crippen LogP contribution is -2.51. The Bertz CT molecular complexity index is 1150. The van der Waals surface area contributed by atoms with Crippen LogP contribution in [0.15, 0.2) is 42.0 Å². The minimum absolute atomic E-state index is 0.0385. The largest absolute Gasteiger partial charge is 0.461 e. The van der Waals surface area contributed by atoms with Crippen molar-refractivity contribution in [2.45, 2.75) is 125 Å². The molecule has 4 nitrogen and oxygen atoms in total. The summed E-state index contributed by atoms with van der Waals surface area (Å²) in [4.78, 5) is 13.4. The molecule has 1 aliphatic heterocycles. The number of benzene rings is 1. The van der Waals surface area contributed by atoms with E-state index < -0.39 is 11.7 Å². The third kappa shape index (κ3) is 5.89. The molecule has 0 radical (unpaired) electrons. The molecule has 4 heteroatoms. The molecule has 1 aromatic rings. The summed E-state index contributed by atoms with van der Waals surface area (Å²) in [5.74, 6) is 4.89. The van der Waals surface area contributed by atoms with Crippen LogP contribution in [0.25, 0.3) is 0 Å². The van der Waals surface area contributed by atoms with Crippen LogP contribution in [-0.4, -0.2) is 25.3 Å². The second-order valence-corrected chi connectivity index (χ2v) is 16.5. The van der Waals surface area contributed by atoms with E-state index in [9.17, 15) is 4.79 Å². The van der Waals surface area contributed by atoms with Crippen LogP contribution < -0.4 is 0 Å². The average Bonchev–Trinajstić information content (AvgIpc) is 3.35. The minimum Gasteiger partial charge on any atom is -0.461 e. The monoisotopic (exact) mass is 590 g/mol. The van der Waals surface area contributed by atoms with Crippen molar-refractivity contribution in [2.75, 3.05) is 13.2 Å². The summed E-state index contributed by atoms with van der Waals surface area (Å²) in [6, 6.07) is 9.95. The van der Waals surface area contributed by atoms with Gasteiger partial charge in [-0.05, 0) is 98.2 Å². The molecule has 0 spiro atoms. The predicted octanol–water partition coefficient (Wildman–Crippen LogP) is 9.69. The van der Waals surface area contributed by atoms with E-state index in [0.29, 0.717) is 18.6 Å². The van der Waals surface area contributed by atoms with Crippen LogP contribution in [-0.2, 0) is 19.0 Å². The van der Waals surface area contributed by atoms with Crippen molar-refractivity contribution in [2.24, 2.45) is 51.8 Å². The van der Waals surface area contributed by atoms with Gasteiger partial charge < -0.3 is 14.2 Å². The molecule has 4 fully saturated rings. The van der Waals surface area contributed by atoms with Crippen molar-refractivity contribution in [3.8, 4) is 0 Å². The normalized spacial score (nSPS) is 41.5. The second-order valence-electron chi connectivity index (χ2n) is 16.5. The molecule has 0 unspecified atom stereocenters. The summed E-state index contributed by atoms with van der Waals surface area (Å²) < 4.78 is 18.3. The number of esters is 1. The van der Waals surface area contributed by atoms with Gasteiger partial charge in [-0.25, -0.2) is 0 Å². The molecule has 6 rings (SSSR count). The molecule has 1 heterocycles. The zero-order chi connectivity index (χ0) is 30.4. The van der Waals surface area contributed by atoms with Gasteiger partial charge in [-0.15, -0.1) is 0 Å². The first kappa shape index (κ1) is 31.3. The molecule has 5 aliphatic rings. The number of fused-ring (bicyclic) bond motifs is 5. The molecule has 8 atom stereocenters. The molecular formula is C39H58O4. The van der Waals surface area contributed by atoms with Crippen molar-refractivity contribution in [3.05, 3.63) is 47.5 Å². The van der Waals surface area contributed by atoms with Gasteiger partial charge in [0.25, 0.3) is 0 Å². The van der Waals surface area contributed by atoms with Crippen LogP contribution in [0, 0.1) is 51.8 Å². The fourth-order valence-electron chi connectivity index (χ4n) is 10.6. The van der Waals surface area contributed by atoms with Crippen molar-refractivity contribution in [1.29, 1.82) is 0 Å². The van der Waals surface area contributed by atoms with Crippen molar-refractivity contribution < 1.29 is 19.0 Å². The molecular weight excluding hydrogens is 532 g/mol. The van der Waals surface area contributed by atoms with Crippen LogP contribution >= 0.6 is 0 Å². The molecule has 0 amide bonds. The number of hydrogen-bond acceptors (Lipinski definition) is 4. The van der Waals surface area contributed by atoms with Gasteiger partial charge >= 0.3 is 5.97 Å². The van der Waals surface area contributed by atoms with Gasteiger partial charge in [0.05, 0.1) is 13.2 Å². The van der Waals surface area contributed by atoms with Crippen LogP contribution in [0.5, 0.6) is 0 Å². The van der Waals surface area contributed by atoms with E-state index in [4.69, 9.17) is 14.2 Å². The SMILES string of the molecule is CC(C)CCC[C@H](C)[C@@H]1CC[C@@H]2[C@H]3CC=C4C[C@@H](OC(=O)C5(C)COC(c6ccccc6)OC5)CC[C@]4(C)[C@@H]3CC[C@@]21C. The molecule has 0 N–H and O–H groups in total. The van der Waals surface area contributed by atoms with Crippen LogP contribution in [0.4, 0.5) is 0 Å². The Balaban J connectivity index is 1.06. The second kappa shape index (κ2) is 12.3. The highest BCUT2D eigenvalue weighted by Gasteiger charge is 2.59. The van der Waals surface area contributed by atoms with Gasteiger partial charge in [0, 0.05) is 12.0 Å². The van der Waals surface area contributed by atoms with Crippen molar-refractivity contribution in [3.63, 3.8) is 0 Å². The van der Waals surface area contributed by atoms with Crippen LogP contribution in [0.2, 0.25) is 0 Å². The zero-order valence-corrected chi connectivity index (χ0v) is 27.9. The zero-order valence-electron chi connectivity index (χ0n) is 27.9. The molecule has 3 saturated carbocycles. The fraction of sp³-hybridized carbons (Fsp3) is 0.769. The van der Waals surface area contributed by atoms with E-state index >= 15 is 0 Å². The maximum atomic E-state index is 13.4. The topological polar surface area (TPSA) is 44.8 Å². The van der Waals surface area contributed by atoms with E-state index in [1.165, 1.54) is 51.4 Å². The summed E-state index contributed by atoms with van der Waals surface area (Å²) >= 11 is 0. The highest BCUT2D eigenvalue weighted by Crippen LogP contribution is 2.67. The first-order valence-electron chi connectivity index (χ1n) is 17.7. The molecule has 238 valence electrons. The quantitative estimate of drug-likeness (QED) is 0.223. The predicted molar refractivity (Wildman–Crippen MR) is 172 cm³/mol. The number of rotatable bonds is 8. The summed E-state index contributed by atoms with van der Waals surface area (Å²) in [5, 5.41) is 0. The lowest BCUT2D eigenvalue weighted by Gasteiger charge is -2.58. The molecule has 4 aliphatic carbocycles. The third-order valence-electron chi connectivity index (χ3n) is 13.2. The Morgan fingerprint density at radius 1 is 0.930 bits per heavy atom. The first-order chi connectivity index (χ1) is 20.5. The van der Waals surface area contributed by atoms with E-state index in [0.717, 1.165) is 60.3 Å². The van der Waals surface area contributed by atoms with Crippen LogP contribution in [0.1, 0.15) is 124 Å². The maximum Gasteiger partial charge on any atom is 0.316 e. The number of carbonyl (C=O) groups is 1. The Morgan fingerprint density at radius 2 is 1.67 bits per heavy atom. The van der Waals surface area contributed by atoms with E-state index in [2.05, 4.69) is 40.7 Å². The smallest absolute Gasteiger partial charge is 0.316 e. The number of carbonyl (C=O) groups excluding carboxylic acids is 1. The van der Waals surface area contributed by atoms with Gasteiger partial charge in [-0.2, -0.15) is 0 Å². The Kier molecular flexibility index (Phi) is 8.94. The summed E-state index contributed by atoms with van der Waals surface area (Å²) in [5.41, 5.74) is 2.57. The van der Waals surface area contributed by atoms with Gasteiger partial charge in [0.2, 0.25) is 0 Å². The maximum absolute atomic E-state index is 13.4. The van der Waals surface area contributed by atoms with Gasteiger partial charge in [0.15, 0.2) is 6.29 Å². The summed E-state index contributed by atoms with van der Waals surface area (Å²) in [6.45, 7) is 15.1. The first-order valence-corrected chi connectivity index (χ1v) is 17.7. The molecule has 1 saturated heterocycles. The third-order valence-corrected chi connectivity index (χ3v) is 13.2. The lowest BCUT2D eigenvalue weighted by molar-refractivity contribution is -0.238. The highest BCUT2D eigenvalue weighted by atomic mass is 16.7. The van der Waals surface area contributed by atoms with E-state index in [-0.39, 0.29) is 17.5 Å².